The quantitative estimate of drug-likeness (QED) is 0.654. The fourth-order valence-corrected chi connectivity index (χ4v) is 1.84. The molecule has 108 valence electrons. The number of hydrogen-bond donors (Lipinski definition) is 1. The molecule has 1 atom stereocenters. The third kappa shape index (κ3) is 5.10. The molecule has 0 heterocycles. The zero-order chi connectivity index (χ0) is 14.9. The van der Waals surface area contributed by atoms with Gasteiger partial charge < -0.3 is 10.2 Å². The Morgan fingerprint density at radius 3 is 2.43 bits per heavy atom. The van der Waals surface area contributed by atoms with Crippen molar-refractivity contribution in [3.8, 4) is 0 Å². The molecule has 0 fully saturated rings. The van der Waals surface area contributed by atoms with Gasteiger partial charge >= 0.3 is 0 Å². The van der Waals surface area contributed by atoms with E-state index in [0.29, 0.717) is 0 Å². The summed E-state index contributed by atoms with van der Waals surface area (Å²) in [5.74, 6) is -0.198. The second-order valence-electron chi connectivity index (χ2n) is 4.62. The van der Waals surface area contributed by atoms with Crippen molar-refractivity contribution >= 4 is 12.1 Å². The minimum absolute atomic E-state index is 0.0552. The van der Waals surface area contributed by atoms with Crippen LogP contribution < -0.4 is 5.32 Å². The average Bonchev–Trinajstić information content (AvgIpc) is 2.53. The Labute approximate surface area is 124 Å². The largest absolute Gasteiger partial charge is 0.386 e. The molecule has 0 radical (unpaired) electrons. The smallest absolute Gasteiger partial charge is 0.261 e. The van der Waals surface area contributed by atoms with Crippen LogP contribution in [0.1, 0.15) is 24.1 Å². The maximum atomic E-state index is 11.7. The average molecular weight is 282 g/mol. The molecule has 0 aromatic heterocycles. The van der Waals surface area contributed by atoms with Crippen molar-refractivity contribution < 1.29 is 9.63 Å². The summed E-state index contributed by atoms with van der Waals surface area (Å²) in [7, 11) is 0. The van der Waals surface area contributed by atoms with Gasteiger partial charge in [0.1, 0.15) is 0 Å². The van der Waals surface area contributed by atoms with Gasteiger partial charge in [0.05, 0.1) is 12.3 Å². The molecule has 2 aromatic rings. The van der Waals surface area contributed by atoms with Crippen LogP contribution in [0.4, 0.5) is 0 Å². The van der Waals surface area contributed by atoms with Gasteiger partial charge in [0.15, 0.2) is 6.61 Å². The van der Waals surface area contributed by atoms with Gasteiger partial charge in [-0.1, -0.05) is 65.8 Å². The van der Waals surface area contributed by atoms with Crippen LogP contribution in [0.2, 0.25) is 0 Å². The van der Waals surface area contributed by atoms with E-state index in [1.807, 2.05) is 67.6 Å². The summed E-state index contributed by atoms with van der Waals surface area (Å²) in [6.07, 6.45) is 1.58. The van der Waals surface area contributed by atoms with Crippen LogP contribution >= 0.6 is 0 Å². The molecule has 1 amide bonds. The van der Waals surface area contributed by atoms with Crippen LogP contribution in [0.5, 0.6) is 0 Å². The van der Waals surface area contributed by atoms with Gasteiger partial charge in [-0.3, -0.25) is 4.79 Å². The Hall–Kier alpha value is -2.62. The Morgan fingerprint density at radius 1 is 1.14 bits per heavy atom. The highest BCUT2D eigenvalue weighted by molar-refractivity contribution is 5.79. The highest BCUT2D eigenvalue weighted by atomic mass is 16.6. The summed E-state index contributed by atoms with van der Waals surface area (Å²) in [6.45, 7) is 1.83. The van der Waals surface area contributed by atoms with Gasteiger partial charge in [-0.2, -0.15) is 0 Å². The van der Waals surface area contributed by atoms with E-state index in [9.17, 15) is 4.79 Å². The molecule has 0 aliphatic carbocycles. The molecule has 4 nitrogen and oxygen atoms in total. The summed E-state index contributed by atoms with van der Waals surface area (Å²) >= 11 is 0. The molecule has 0 saturated carbocycles. The van der Waals surface area contributed by atoms with E-state index in [2.05, 4.69) is 10.5 Å². The van der Waals surface area contributed by atoms with Crippen molar-refractivity contribution in [3.63, 3.8) is 0 Å². The van der Waals surface area contributed by atoms with Crippen LogP contribution in [0, 0.1) is 0 Å². The van der Waals surface area contributed by atoms with E-state index in [-0.39, 0.29) is 18.6 Å². The number of rotatable bonds is 6. The van der Waals surface area contributed by atoms with Gasteiger partial charge in [0.25, 0.3) is 5.91 Å². The van der Waals surface area contributed by atoms with Gasteiger partial charge in [-0.15, -0.1) is 0 Å². The number of carbonyl (C=O) groups excluding carboxylic acids is 1. The number of benzene rings is 2. The van der Waals surface area contributed by atoms with Crippen LogP contribution in [-0.4, -0.2) is 18.7 Å². The first-order valence-corrected chi connectivity index (χ1v) is 6.80. The van der Waals surface area contributed by atoms with Crippen LogP contribution in [-0.2, 0) is 9.63 Å². The number of carbonyl (C=O) groups is 1. The lowest BCUT2D eigenvalue weighted by atomic mass is 10.1. The van der Waals surface area contributed by atoms with Gasteiger partial charge in [-0.05, 0) is 18.1 Å². The van der Waals surface area contributed by atoms with Gasteiger partial charge in [0, 0.05) is 0 Å². The number of oxime groups is 1. The van der Waals surface area contributed by atoms with Crippen LogP contribution in [0.15, 0.2) is 65.8 Å². The van der Waals surface area contributed by atoms with Gasteiger partial charge in [0.2, 0.25) is 0 Å². The molecule has 0 saturated heterocycles. The molecule has 0 spiro atoms. The van der Waals surface area contributed by atoms with E-state index in [0.717, 1.165) is 11.1 Å². The highest BCUT2D eigenvalue weighted by Crippen LogP contribution is 2.10. The molecular formula is C17H18N2O2. The minimum atomic E-state index is -0.198. The first-order chi connectivity index (χ1) is 10.3. The van der Waals surface area contributed by atoms with E-state index >= 15 is 0 Å². The molecule has 0 aliphatic rings. The van der Waals surface area contributed by atoms with Gasteiger partial charge in [-0.25, -0.2) is 0 Å². The van der Waals surface area contributed by atoms with E-state index in [4.69, 9.17) is 4.84 Å². The Bertz CT molecular complexity index is 582. The molecule has 0 bridgehead atoms. The maximum Gasteiger partial charge on any atom is 0.261 e. The summed E-state index contributed by atoms with van der Waals surface area (Å²) in [6, 6.07) is 19.3. The fourth-order valence-electron chi connectivity index (χ4n) is 1.84. The molecule has 0 aliphatic heterocycles. The predicted molar refractivity (Wildman–Crippen MR) is 83.0 cm³/mol. The molecule has 1 N–H and O–H groups in total. The topological polar surface area (TPSA) is 50.7 Å². The molecular weight excluding hydrogens is 264 g/mol. The van der Waals surface area contributed by atoms with Crippen molar-refractivity contribution in [2.24, 2.45) is 5.16 Å². The fraction of sp³-hybridized carbons (Fsp3) is 0.176. The number of nitrogens with one attached hydrogen (secondary N) is 1. The number of amides is 1. The zero-order valence-electron chi connectivity index (χ0n) is 11.9. The van der Waals surface area contributed by atoms with E-state index < -0.39 is 0 Å². The summed E-state index contributed by atoms with van der Waals surface area (Å²) in [5, 5.41) is 6.63. The maximum absolute atomic E-state index is 11.7. The molecule has 2 aromatic carbocycles. The van der Waals surface area contributed by atoms with Crippen LogP contribution in [0.3, 0.4) is 0 Å². The van der Waals surface area contributed by atoms with E-state index in [1.165, 1.54) is 0 Å². The lowest BCUT2D eigenvalue weighted by molar-refractivity contribution is -0.126. The third-order valence-electron chi connectivity index (χ3n) is 2.95. The Kier molecular flexibility index (Phi) is 5.52. The summed E-state index contributed by atoms with van der Waals surface area (Å²) < 4.78 is 0. The lowest BCUT2D eigenvalue weighted by Gasteiger charge is -2.13. The summed E-state index contributed by atoms with van der Waals surface area (Å²) in [5.41, 5.74) is 1.98. The Morgan fingerprint density at radius 2 is 1.76 bits per heavy atom. The minimum Gasteiger partial charge on any atom is -0.386 e. The SMILES string of the molecule is C[C@H](NC(=O)CO/N=C\c1ccccc1)c1ccccc1. The number of hydrogen-bond acceptors (Lipinski definition) is 3. The number of nitrogens with zero attached hydrogens (tertiary/aromatic N) is 1. The van der Waals surface area contributed by atoms with Crippen molar-refractivity contribution in [1.29, 1.82) is 0 Å². The molecule has 21 heavy (non-hydrogen) atoms. The summed E-state index contributed by atoms with van der Waals surface area (Å²) in [4.78, 5) is 16.7. The van der Waals surface area contributed by atoms with Crippen LogP contribution in [0.25, 0.3) is 0 Å². The van der Waals surface area contributed by atoms with Crippen molar-refractivity contribution in [2.45, 2.75) is 13.0 Å². The lowest BCUT2D eigenvalue weighted by Crippen LogP contribution is -2.29. The first kappa shape index (κ1) is 14.8. The molecule has 4 heteroatoms. The predicted octanol–water partition coefficient (Wildman–Crippen LogP) is 2.91. The van der Waals surface area contributed by atoms with Crippen molar-refractivity contribution in [1.82, 2.24) is 5.32 Å². The first-order valence-electron chi connectivity index (χ1n) is 6.80. The standard InChI is InChI=1S/C17H18N2O2/c1-14(16-10-6-3-7-11-16)19-17(20)13-21-18-12-15-8-4-2-5-9-15/h2-12,14H,13H2,1H3,(H,19,20)/b18-12-/t14-/m0/s1. The molecule has 2 rings (SSSR count). The van der Waals surface area contributed by atoms with E-state index in [1.54, 1.807) is 6.21 Å². The molecule has 0 unspecified atom stereocenters. The normalized spacial score (nSPS) is 12.0. The monoisotopic (exact) mass is 282 g/mol. The third-order valence-corrected chi connectivity index (χ3v) is 2.95. The highest BCUT2D eigenvalue weighted by Gasteiger charge is 2.08. The second-order valence-corrected chi connectivity index (χ2v) is 4.62. The second kappa shape index (κ2) is 7.85. The van der Waals surface area contributed by atoms with Crippen molar-refractivity contribution in [2.75, 3.05) is 6.61 Å². The zero-order valence-corrected chi connectivity index (χ0v) is 11.9. The Balaban J connectivity index is 1.74. The van der Waals surface area contributed by atoms with Crippen molar-refractivity contribution in [3.05, 3.63) is 71.8 Å².